The summed E-state index contributed by atoms with van der Waals surface area (Å²) in [5.41, 5.74) is 6.03. The van der Waals surface area contributed by atoms with Crippen LogP contribution in [0.3, 0.4) is 0 Å². The lowest BCUT2D eigenvalue weighted by Crippen LogP contribution is -2.20. The van der Waals surface area contributed by atoms with E-state index in [1.54, 1.807) is 30.5 Å². The van der Waals surface area contributed by atoms with Crippen molar-refractivity contribution in [2.75, 3.05) is 10.6 Å². The number of aromatic amines is 1. The zero-order valence-electron chi connectivity index (χ0n) is 16.6. The molecule has 0 aliphatic carbocycles. The second-order valence-corrected chi connectivity index (χ2v) is 7.02. The summed E-state index contributed by atoms with van der Waals surface area (Å²) in [6.07, 6.45) is -3.19. The molecule has 0 fully saturated rings. The Morgan fingerprint density at radius 2 is 1.67 bits per heavy atom. The molecule has 3 amide bonds. The number of hydrogen-bond acceptors (Lipinski definition) is 3. The van der Waals surface area contributed by atoms with Gasteiger partial charge in [-0.2, -0.15) is 13.2 Å². The molecule has 0 aliphatic rings. The quantitative estimate of drug-likeness (QED) is 0.319. The first-order chi connectivity index (χ1) is 15.6. The second kappa shape index (κ2) is 8.26. The predicted octanol–water partition coefficient (Wildman–Crippen LogP) is 5.13. The molecule has 7 nitrogen and oxygen atoms in total. The maximum Gasteiger partial charge on any atom is 0.416 e. The number of nitrogens with one attached hydrogen (secondary N) is 3. The molecular weight excluding hydrogens is 442 g/mol. The highest BCUT2D eigenvalue weighted by Crippen LogP contribution is 2.33. The lowest BCUT2D eigenvalue weighted by Gasteiger charge is -2.12. The molecule has 168 valence electrons. The number of H-pyrrole nitrogens is 1. The summed E-state index contributed by atoms with van der Waals surface area (Å²) in [7, 11) is 0. The van der Waals surface area contributed by atoms with Crippen molar-refractivity contribution in [3.05, 3.63) is 77.9 Å². The van der Waals surface area contributed by atoms with E-state index in [2.05, 4.69) is 20.6 Å². The largest absolute Gasteiger partial charge is 0.416 e. The molecule has 0 atom stereocenters. The van der Waals surface area contributed by atoms with Gasteiger partial charge in [0.2, 0.25) is 0 Å². The van der Waals surface area contributed by atoms with Crippen molar-refractivity contribution in [1.29, 1.82) is 0 Å². The van der Waals surface area contributed by atoms with E-state index in [0.29, 0.717) is 40.0 Å². The monoisotopic (exact) mass is 457 g/mol. The van der Waals surface area contributed by atoms with Gasteiger partial charge in [0.05, 0.1) is 5.56 Å². The molecule has 0 unspecified atom stereocenters. The van der Waals surface area contributed by atoms with E-state index in [1.807, 2.05) is 0 Å². The number of nitrogens with zero attached hydrogens (tertiary/aromatic N) is 1. The van der Waals surface area contributed by atoms with Gasteiger partial charge in [-0.15, -0.1) is 0 Å². The van der Waals surface area contributed by atoms with Gasteiger partial charge >= 0.3 is 12.2 Å². The molecular formula is C22H15F4N5O2. The van der Waals surface area contributed by atoms with E-state index in [4.69, 9.17) is 5.73 Å². The van der Waals surface area contributed by atoms with Gasteiger partial charge in [0, 0.05) is 28.5 Å². The van der Waals surface area contributed by atoms with Crippen molar-refractivity contribution in [3.63, 3.8) is 0 Å². The Hall–Kier alpha value is -4.41. The third kappa shape index (κ3) is 4.61. The third-order valence-corrected chi connectivity index (χ3v) is 4.73. The number of benzene rings is 2. The number of primary amides is 1. The minimum atomic E-state index is -4.76. The summed E-state index contributed by atoms with van der Waals surface area (Å²) in [4.78, 5) is 31.1. The van der Waals surface area contributed by atoms with E-state index >= 15 is 0 Å². The zero-order valence-corrected chi connectivity index (χ0v) is 16.6. The second-order valence-electron chi connectivity index (χ2n) is 7.02. The third-order valence-electron chi connectivity index (χ3n) is 4.73. The fraction of sp³-hybridized carbons (Fsp3) is 0.0455. The number of urea groups is 1. The fourth-order valence-electron chi connectivity index (χ4n) is 3.35. The number of carbonyl (C=O) groups is 2. The van der Waals surface area contributed by atoms with Crippen LogP contribution in [0.5, 0.6) is 0 Å². The Bertz CT molecular complexity index is 1360. The average molecular weight is 457 g/mol. The number of rotatable bonds is 4. The van der Waals surface area contributed by atoms with Gasteiger partial charge in [0.1, 0.15) is 17.2 Å². The number of nitrogens with two attached hydrogens (primary N) is 1. The van der Waals surface area contributed by atoms with Crippen LogP contribution >= 0.6 is 0 Å². The summed E-state index contributed by atoms with van der Waals surface area (Å²) in [6, 6.07) is 10.7. The number of halogens is 4. The highest BCUT2D eigenvalue weighted by molar-refractivity contribution is 6.08. The molecule has 0 radical (unpaired) electrons. The summed E-state index contributed by atoms with van der Waals surface area (Å²) >= 11 is 0. The van der Waals surface area contributed by atoms with E-state index in [1.165, 1.54) is 12.1 Å². The Morgan fingerprint density at radius 3 is 2.33 bits per heavy atom. The lowest BCUT2D eigenvalue weighted by molar-refractivity contribution is -0.137. The van der Waals surface area contributed by atoms with E-state index in [9.17, 15) is 27.2 Å². The van der Waals surface area contributed by atoms with Gasteiger partial charge in [0.15, 0.2) is 0 Å². The fourth-order valence-corrected chi connectivity index (χ4v) is 3.35. The molecule has 2 aromatic heterocycles. The van der Waals surface area contributed by atoms with Crippen molar-refractivity contribution in [3.8, 4) is 11.1 Å². The summed E-state index contributed by atoms with van der Waals surface area (Å²) in [6.45, 7) is 0. The minimum Gasteiger partial charge on any atom is -0.364 e. The average Bonchev–Trinajstić information content (AvgIpc) is 3.13. The summed E-state index contributed by atoms with van der Waals surface area (Å²) in [5.74, 6) is -1.80. The molecule has 2 heterocycles. The number of fused-ring (bicyclic) bond motifs is 1. The standard InChI is InChI=1S/C22H15F4N5O2/c23-13-8-12(22(24,25)26)9-15(10-13)30-21(33)29-14-5-3-11(4-6-14)17-16-2-1-7-28-20(16)31-18(17)19(27)32/h1-10H,(H2,27,32)(H,28,31)(H2,29,30,33). The Balaban J connectivity index is 1.54. The van der Waals surface area contributed by atoms with Gasteiger partial charge in [-0.05, 0) is 48.0 Å². The Labute approximate surface area is 183 Å². The van der Waals surface area contributed by atoms with Gasteiger partial charge in [-0.3, -0.25) is 4.79 Å². The number of aromatic nitrogens is 2. The molecule has 0 bridgehead atoms. The number of carbonyl (C=O) groups excluding carboxylic acids is 2. The normalized spacial score (nSPS) is 11.4. The van der Waals surface area contributed by atoms with Crippen LogP contribution in [0.1, 0.15) is 16.1 Å². The highest BCUT2D eigenvalue weighted by Gasteiger charge is 2.31. The molecule has 2 aromatic carbocycles. The Morgan fingerprint density at radius 1 is 0.970 bits per heavy atom. The van der Waals surface area contributed by atoms with Crippen molar-refractivity contribution < 1.29 is 27.2 Å². The number of anilines is 2. The van der Waals surface area contributed by atoms with Gasteiger partial charge < -0.3 is 21.4 Å². The van der Waals surface area contributed by atoms with Crippen molar-refractivity contribution in [2.24, 2.45) is 5.73 Å². The molecule has 4 rings (SSSR count). The Kier molecular flexibility index (Phi) is 5.46. The SMILES string of the molecule is NC(=O)c1[nH]c2ncccc2c1-c1ccc(NC(=O)Nc2cc(F)cc(C(F)(F)F)c2)cc1. The van der Waals surface area contributed by atoms with E-state index in [-0.39, 0.29) is 11.4 Å². The minimum absolute atomic E-state index is 0.175. The van der Waals surface area contributed by atoms with E-state index in [0.717, 1.165) is 6.07 Å². The lowest BCUT2D eigenvalue weighted by atomic mass is 10.0. The number of amides is 3. The molecule has 0 aliphatic heterocycles. The first-order valence-electron chi connectivity index (χ1n) is 9.44. The number of hydrogen-bond donors (Lipinski definition) is 4. The van der Waals surface area contributed by atoms with Gasteiger partial charge in [-0.25, -0.2) is 14.2 Å². The van der Waals surface area contributed by atoms with Crippen LogP contribution in [0.4, 0.5) is 33.7 Å². The smallest absolute Gasteiger partial charge is 0.364 e. The topological polar surface area (TPSA) is 113 Å². The van der Waals surface area contributed by atoms with Crippen LogP contribution in [0.25, 0.3) is 22.2 Å². The van der Waals surface area contributed by atoms with Crippen LogP contribution in [0.2, 0.25) is 0 Å². The molecule has 0 saturated heterocycles. The molecule has 5 N–H and O–H groups in total. The van der Waals surface area contributed by atoms with Crippen LogP contribution in [0, 0.1) is 5.82 Å². The maximum absolute atomic E-state index is 13.5. The van der Waals surface area contributed by atoms with Crippen molar-refractivity contribution in [2.45, 2.75) is 6.18 Å². The van der Waals surface area contributed by atoms with Crippen LogP contribution in [-0.4, -0.2) is 21.9 Å². The molecule has 11 heteroatoms. The molecule has 33 heavy (non-hydrogen) atoms. The zero-order chi connectivity index (χ0) is 23.8. The molecule has 0 spiro atoms. The van der Waals surface area contributed by atoms with Crippen molar-refractivity contribution in [1.82, 2.24) is 9.97 Å². The summed E-state index contributed by atoms with van der Waals surface area (Å²) in [5, 5.41) is 5.30. The summed E-state index contributed by atoms with van der Waals surface area (Å²) < 4.78 is 52.0. The van der Waals surface area contributed by atoms with Gasteiger partial charge in [0.25, 0.3) is 5.91 Å². The number of pyridine rings is 1. The highest BCUT2D eigenvalue weighted by atomic mass is 19.4. The number of alkyl halides is 3. The van der Waals surface area contributed by atoms with Crippen LogP contribution in [0.15, 0.2) is 60.8 Å². The van der Waals surface area contributed by atoms with Crippen LogP contribution in [-0.2, 0) is 6.18 Å². The van der Waals surface area contributed by atoms with Crippen LogP contribution < -0.4 is 16.4 Å². The molecule has 4 aromatic rings. The maximum atomic E-state index is 13.5. The first kappa shape index (κ1) is 21.8. The molecule has 0 saturated carbocycles. The van der Waals surface area contributed by atoms with Gasteiger partial charge in [-0.1, -0.05) is 12.1 Å². The predicted molar refractivity (Wildman–Crippen MR) is 114 cm³/mol. The first-order valence-corrected chi connectivity index (χ1v) is 9.44. The van der Waals surface area contributed by atoms with E-state index < -0.39 is 29.5 Å². The van der Waals surface area contributed by atoms with Crippen molar-refractivity contribution >= 4 is 34.3 Å².